The van der Waals surface area contributed by atoms with Crippen molar-refractivity contribution in [1.82, 2.24) is 0 Å². The fourth-order valence-corrected chi connectivity index (χ4v) is 1.28. The zero-order valence-corrected chi connectivity index (χ0v) is 9.57. The van der Waals surface area contributed by atoms with Crippen LogP contribution in [0.5, 0.6) is 0 Å². The fourth-order valence-electron chi connectivity index (χ4n) is 1.28. The molecule has 1 heterocycles. The molecular weight excluding hydrogens is 210 g/mol. The van der Waals surface area contributed by atoms with Crippen molar-refractivity contribution in [2.75, 3.05) is 12.4 Å². The van der Waals surface area contributed by atoms with Gasteiger partial charge in [0.2, 0.25) is 5.91 Å². The summed E-state index contributed by atoms with van der Waals surface area (Å²) < 4.78 is 9.57. The van der Waals surface area contributed by atoms with Gasteiger partial charge in [0.15, 0.2) is 5.88 Å². The second-order valence-corrected chi connectivity index (χ2v) is 4.08. The van der Waals surface area contributed by atoms with Gasteiger partial charge in [0, 0.05) is 12.5 Å². The van der Waals surface area contributed by atoms with Gasteiger partial charge in [-0.05, 0) is 19.9 Å². The van der Waals surface area contributed by atoms with Gasteiger partial charge in [-0.3, -0.25) is 14.9 Å². The molecule has 1 aromatic rings. The second kappa shape index (κ2) is 4.83. The molecule has 0 spiro atoms. The largest absolute Gasteiger partial charge is 0.469 e. The standard InChI is InChI=1S/C11H15NO4/c1-11(2,10(14)15-3)7-8(13)12-9-5-4-6-16-9/h4-6H,7H2,1-3H3,(H,12,13). The van der Waals surface area contributed by atoms with Crippen LogP contribution >= 0.6 is 0 Å². The third kappa shape index (κ3) is 3.12. The van der Waals surface area contributed by atoms with Crippen LogP contribution in [0.15, 0.2) is 22.8 Å². The fraction of sp³-hybridized carbons (Fsp3) is 0.455. The number of hydrogen-bond acceptors (Lipinski definition) is 4. The third-order valence-corrected chi connectivity index (χ3v) is 2.12. The van der Waals surface area contributed by atoms with E-state index in [4.69, 9.17) is 4.42 Å². The summed E-state index contributed by atoms with van der Waals surface area (Å²) >= 11 is 0. The summed E-state index contributed by atoms with van der Waals surface area (Å²) in [6.07, 6.45) is 1.50. The highest BCUT2D eigenvalue weighted by Crippen LogP contribution is 2.22. The zero-order chi connectivity index (χ0) is 12.2. The lowest BCUT2D eigenvalue weighted by Gasteiger charge is -2.20. The van der Waals surface area contributed by atoms with Crippen LogP contribution in [0.25, 0.3) is 0 Å². The molecule has 1 amide bonds. The van der Waals surface area contributed by atoms with Crippen molar-refractivity contribution in [3.8, 4) is 0 Å². The summed E-state index contributed by atoms with van der Waals surface area (Å²) in [5.74, 6) is -0.335. The second-order valence-electron chi connectivity index (χ2n) is 4.08. The number of furan rings is 1. The van der Waals surface area contributed by atoms with E-state index in [0.29, 0.717) is 5.88 Å². The van der Waals surface area contributed by atoms with Gasteiger partial charge in [0.1, 0.15) is 0 Å². The normalized spacial score (nSPS) is 10.9. The van der Waals surface area contributed by atoms with Crippen molar-refractivity contribution < 1.29 is 18.7 Å². The van der Waals surface area contributed by atoms with Gasteiger partial charge >= 0.3 is 5.97 Å². The number of methoxy groups -OCH3 is 1. The van der Waals surface area contributed by atoms with E-state index in [-0.39, 0.29) is 12.3 Å². The molecule has 0 aliphatic heterocycles. The molecule has 0 aliphatic carbocycles. The average molecular weight is 225 g/mol. The Balaban J connectivity index is 2.54. The summed E-state index contributed by atoms with van der Waals surface area (Å²) in [6, 6.07) is 3.30. The first-order valence-corrected chi connectivity index (χ1v) is 4.87. The van der Waals surface area contributed by atoms with Gasteiger partial charge in [0.05, 0.1) is 18.8 Å². The highest BCUT2D eigenvalue weighted by molar-refractivity contribution is 5.93. The first-order valence-electron chi connectivity index (χ1n) is 4.87. The van der Waals surface area contributed by atoms with Crippen LogP contribution in [-0.4, -0.2) is 19.0 Å². The number of carbonyl (C=O) groups excluding carboxylic acids is 2. The average Bonchev–Trinajstić information content (AvgIpc) is 2.67. The Morgan fingerprint density at radius 2 is 2.19 bits per heavy atom. The van der Waals surface area contributed by atoms with E-state index in [1.807, 2.05) is 0 Å². The Labute approximate surface area is 93.8 Å². The van der Waals surface area contributed by atoms with E-state index in [1.165, 1.54) is 13.4 Å². The third-order valence-electron chi connectivity index (χ3n) is 2.12. The number of ether oxygens (including phenoxy) is 1. The quantitative estimate of drug-likeness (QED) is 0.793. The van der Waals surface area contributed by atoms with Gasteiger partial charge < -0.3 is 9.15 Å². The van der Waals surface area contributed by atoms with E-state index in [2.05, 4.69) is 10.1 Å². The smallest absolute Gasteiger partial charge is 0.311 e. The van der Waals surface area contributed by atoms with Gasteiger partial charge in [-0.25, -0.2) is 0 Å². The maximum absolute atomic E-state index is 11.6. The van der Waals surface area contributed by atoms with Gasteiger partial charge in [-0.1, -0.05) is 0 Å². The van der Waals surface area contributed by atoms with Crippen LogP contribution in [0.1, 0.15) is 20.3 Å². The van der Waals surface area contributed by atoms with Gasteiger partial charge in [-0.15, -0.1) is 0 Å². The number of carbonyl (C=O) groups is 2. The van der Waals surface area contributed by atoms with Crippen LogP contribution in [0.4, 0.5) is 5.88 Å². The number of hydrogen-bond donors (Lipinski definition) is 1. The molecular formula is C11H15NO4. The van der Waals surface area contributed by atoms with Crippen LogP contribution < -0.4 is 5.32 Å². The van der Waals surface area contributed by atoms with Crippen molar-refractivity contribution in [2.45, 2.75) is 20.3 Å². The summed E-state index contributed by atoms with van der Waals surface area (Å²) in [4.78, 5) is 22.9. The molecule has 88 valence electrons. The Morgan fingerprint density at radius 3 is 2.69 bits per heavy atom. The summed E-state index contributed by atoms with van der Waals surface area (Å²) in [7, 11) is 1.30. The molecule has 0 aliphatic rings. The van der Waals surface area contributed by atoms with Crippen molar-refractivity contribution in [1.29, 1.82) is 0 Å². The molecule has 16 heavy (non-hydrogen) atoms. The molecule has 0 saturated heterocycles. The summed E-state index contributed by atoms with van der Waals surface area (Å²) in [5.41, 5.74) is -0.842. The molecule has 0 fully saturated rings. The molecule has 1 rings (SSSR count). The lowest BCUT2D eigenvalue weighted by molar-refractivity contribution is -0.152. The lowest BCUT2D eigenvalue weighted by atomic mass is 9.89. The maximum atomic E-state index is 11.6. The predicted octanol–water partition coefficient (Wildman–Crippen LogP) is 1.81. The van der Waals surface area contributed by atoms with Gasteiger partial charge in [0.25, 0.3) is 0 Å². The van der Waals surface area contributed by atoms with Gasteiger partial charge in [-0.2, -0.15) is 0 Å². The summed E-state index contributed by atoms with van der Waals surface area (Å²) in [5, 5.41) is 2.54. The van der Waals surface area contributed by atoms with Crippen LogP contribution in [0, 0.1) is 5.41 Å². The molecule has 5 nitrogen and oxygen atoms in total. The molecule has 0 saturated carbocycles. The van der Waals surface area contributed by atoms with E-state index >= 15 is 0 Å². The zero-order valence-electron chi connectivity index (χ0n) is 9.57. The highest BCUT2D eigenvalue weighted by Gasteiger charge is 2.31. The minimum atomic E-state index is -0.842. The van der Waals surface area contributed by atoms with Crippen molar-refractivity contribution >= 4 is 17.8 Å². The molecule has 0 atom stereocenters. The minimum Gasteiger partial charge on any atom is -0.469 e. The maximum Gasteiger partial charge on any atom is 0.311 e. The number of anilines is 1. The number of esters is 1. The van der Waals surface area contributed by atoms with E-state index in [9.17, 15) is 9.59 Å². The topological polar surface area (TPSA) is 68.5 Å². The predicted molar refractivity (Wildman–Crippen MR) is 57.8 cm³/mol. The summed E-state index contributed by atoms with van der Waals surface area (Å²) in [6.45, 7) is 3.31. The lowest BCUT2D eigenvalue weighted by Crippen LogP contribution is -2.30. The Morgan fingerprint density at radius 1 is 1.50 bits per heavy atom. The number of nitrogens with one attached hydrogen (secondary N) is 1. The molecule has 0 radical (unpaired) electrons. The minimum absolute atomic E-state index is 0.0420. The Hall–Kier alpha value is -1.78. The number of rotatable bonds is 4. The van der Waals surface area contributed by atoms with Crippen molar-refractivity contribution in [3.05, 3.63) is 18.4 Å². The van der Waals surface area contributed by atoms with Crippen molar-refractivity contribution in [3.63, 3.8) is 0 Å². The first-order chi connectivity index (χ1) is 7.45. The molecule has 0 bridgehead atoms. The highest BCUT2D eigenvalue weighted by atomic mass is 16.5. The first kappa shape index (κ1) is 12.3. The van der Waals surface area contributed by atoms with E-state index < -0.39 is 11.4 Å². The molecule has 0 aromatic carbocycles. The molecule has 0 unspecified atom stereocenters. The molecule has 1 aromatic heterocycles. The van der Waals surface area contributed by atoms with Crippen LogP contribution in [-0.2, 0) is 14.3 Å². The van der Waals surface area contributed by atoms with Crippen LogP contribution in [0.2, 0.25) is 0 Å². The van der Waals surface area contributed by atoms with E-state index in [0.717, 1.165) is 0 Å². The van der Waals surface area contributed by atoms with Crippen LogP contribution in [0.3, 0.4) is 0 Å². The van der Waals surface area contributed by atoms with Crippen molar-refractivity contribution in [2.24, 2.45) is 5.41 Å². The molecule has 1 N–H and O–H groups in total. The molecule has 5 heteroatoms. The number of amides is 1. The monoisotopic (exact) mass is 225 g/mol. The Bertz CT molecular complexity index is 367. The van der Waals surface area contributed by atoms with E-state index in [1.54, 1.807) is 26.0 Å². The SMILES string of the molecule is COC(=O)C(C)(C)CC(=O)Nc1ccco1. The Kier molecular flexibility index (Phi) is 3.71.